The van der Waals surface area contributed by atoms with Gasteiger partial charge in [0.1, 0.15) is 11.2 Å². The van der Waals surface area contributed by atoms with E-state index >= 15 is 0 Å². The average molecular weight is 501 g/mol. The summed E-state index contributed by atoms with van der Waals surface area (Å²) in [6, 6.07) is 15.6. The molecule has 0 saturated carbocycles. The maximum Gasteiger partial charge on any atom is 0.330 e. The highest BCUT2D eigenvalue weighted by Gasteiger charge is 2.63. The number of aryl methyl sites for hydroxylation is 1. The van der Waals surface area contributed by atoms with Crippen LogP contribution < -0.4 is 4.74 Å². The first-order chi connectivity index (χ1) is 15.4. The summed E-state index contributed by atoms with van der Waals surface area (Å²) in [4.78, 5) is 29.9. The standard InChI is InChI=1S/C26H33BrN2O3/c1-5-16-28(18-21-10-8-19(4)9-11-21)25(31)29-23(30)26(6-2,7-3)24(29)32-22-14-12-20(17-27)13-15-22/h8-15,24H,5-7,16-18H2,1-4H3. The fourth-order valence-corrected chi connectivity index (χ4v) is 4.63. The third-order valence-corrected chi connectivity index (χ3v) is 7.05. The number of benzene rings is 2. The van der Waals surface area contributed by atoms with Gasteiger partial charge in [-0.1, -0.05) is 78.7 Å². The summed E-state index contributed by atoms with van der Waals surface area (Å²) >= 11 is 3.45. The molecule has 2 aromatic carbocycles. The summed E-state index contributed by atoms with van der Waals surface area (Å²) in [6.45, 7) is 9.10. The molecule has 1 aliphatic rings. The van der Waals surface area contributed by atoms with Crippen molar-refractivity contribution in [2.45, 2.75) is 65.1 Å². The van der Waals surface area contributed by atoms with Gasteiger partial charge < -0.3 is 9.64 Å². The Bertz CT molecular complexity index is 923. The first-order valence-electron chi connectivity index (χ1n) is 11.4. The van der Waals surface area contributed by atoms with Gasteiger partial charge in [0.25, 0.3) is 0 Å². The number of carbonyl (C=O) groups is 2. The lowest BCUT2D eigenvalue weighted by Gasteiger charge is -2.54. The van der Waals surface area contributed by atoms with Crippen LogP contribution in [0.15, 0.2) is 48.5 Å². The number of β-lactam (4-membered cyclic amide) rings is 1. The lowest BCUT2D eigenvalue weighted by Crippen LogP contribution is -2.73. The number of hydrogen-bond donors (Lipinski definition) is 0. The van der Waals surface area contributed by atoms with E-state index in [-0.39, 0.29) is 11.9 Å². The van der Waals surface area contributed by atoms with Crippen molar-refractivity contribution in [3.63, 3.8) is 0 Å². The fraction of sp³-hybridized carbons (Fsp3) is 0.462. The van der Waals surface area contributed by atoms with Crippen LogP contribution in [0.5, 0.6) is 5.75 Å². The number of ether oxygens (including phenoxy) is 1. The molecule has 0 bridgehead atoms. The lowest BCUT2D eigenvalue weighted by molar-refractivity contribution is -0.192. The van der Waals surface area contributed by atoms with Crippen molar-refractivity contribution in [2.24, 2.45) is 5.41 Å². The van der Waals surface area contributed by atoms with Crippen molar-refractivity contribution >= 4 is 27.9 Å². The van der Waals surface area contributed by atoms with Gasteiger partial charge >= 0.3 is 6.03 Å². The Morgan fingerprint density at radius 2 is 1.62 bits per heavy atom. The molecule has 0 radical (unpaired) electrons. The number of alkyl halides is 1. The number of carbonyl (C=O) groups excluding carboxylic acids is 2. The Morgan fingerprint density at radius 3 is 2.16 bits per heavy atom. The number of nitrogens with zero attached hydrogens (tertiary/aromatic N) is 2. The summed E-state index contributed by atoms with van der Waals surface area (Å²) in [5.74, 6) is 0.524. The van der Waals surface area contributed by atoms with Crippen molar-refractivity contribution in [3.8, 4) is 5.75 Å². The summed E-state index contributed by atoms with van der Waals surface area (Å²) in [7, 11) is 0. The zero-order valence-electron chi connectivity index (χ0n) is 19.4. The van der Waals surface area contributed by atoms with Crippen molar-refractivity contribution < 1.29 is 14.3 Å². The van der Waals surface area contributed by atoms with Crippen molar-refractivity contribution in [3.05, 3.63) is 65.2 Å². The monoisotopic (exact) mass is 500 g/mol. The molecule has 5 nitrogen and oxygen atoms in total. The highest BCUT2D eigenvalue weighted by atomic mass is 79.9. The Balaban J connectivity index is 1.85. The maximum absolute atomic E-state index is 13.6. The first kappa shape index (κ1) is 24.3. The highest BCUT2D eigenvalue weighted by Crippen LogP contribution is 2.46. The molecule has 0 N–H and O–H groups in total. The number of rotatable bonds is 9. The zero-order chi connectivity index (χ0) is 23.3. The van der Waals surface area contributed by atoms with Gasteiger partial charge in [0.15, 0.2) is 6.23 Å². The van der Waals surface area contributed by atoms with Gasteiger partial charge in [0.05, 0.1) is 0 Å². The second kappa shape index (κ2) is 10.5. The molecule has 1 aliphatic heterocycles. The van der Waals surface area contributed by atoms with Gasteiger partial charge in [0.2, 0.25) is 5.91 Å². The minimum atomic E-state index is -0.675. The van der Waals surface area contributed by atoms with Crippen LogP contribution in [0.3, 0.4) is 0 Å². The van der Waals surface area contributed by atoms with Gasteiger partial charge in [-0.2, -0.15) is 0 Å². The third kappa shape index (κ3) is 4.70. The molecule has 1 atom stereocenters. The Kier molecular flexibility index (Phi) is 7.99. The molecule has 32 heavy (non-hydrogen) atoms. The Labute approximate surface area is 199 Å². The number of amides is 3. The number of imide groups is 1. The van der Waals surface area contributed by atoms with Crippen molar-refractivity contribution in [1.82, 2.24) is 9.80 Å². The normalized spacial score (nSPS) is 17.1. The third-order valence-electron chi connectivity index (χ3n) is 6.40. The summed E-state index contributed by atoms with van der Waals surface area (Å²) < 4.78 is 6.29. The van der Waals surface area contributed by atoms with Crippen LogP contribution in [0, 0.1) is 12.3 Å². The predicted molar refractivity (Wildman–Crippen MR) is 131 cm³/mol. The van der Waals surface area contributed by atoms with Gasteiger partial charge in [-0.05, 0) is 49.4 Å². The molecule has 1 saturated heterocycles. The van der Waals surface area contributed by atoms with Crippen LogP contribution in [0.2, 0.25) is 0 Å². The van der Waals surface area contributed by atoms with E-state index in [0.29, 0.717) is 31.7 Å². The number of hydrogen-bond acceptors (Lipinski definition) is 3. The van der Waals surface area contributed by atoms with Crippen molar-refractivity contribution in [2.75, 3.05) is 6.54 Å². The van der Waals surface area contributed by atoms with Crippen LogP contribution in [0.1, 0.15) is 56.7 Å². The number of halogens is 1. The van der Waals surface area contributed by atoms with E-state index in [0.717, 1.165) is 22.9 Å². The molecule has 1 unspecified atom stereocenters. The van der Waals surface area contributed by atoms with E-state index in [1.54, 1.807) is 4.90 Å². The molecule has 6 heteroatoms. The summed E-state index contributed by atoms with van der Waals surface area (Å²) in [5.41, 5.74) is 2.69. The first-order valence-corrected chi connectivity index (χ1v) is 12.5. The minimum absolute atomic E-state index is 0.139. The Morgan fingerprint density at radius 1 is 1.03 bits per heavy atom. The second-order valence-corrected chi connectivity index (χ2v) is 9.04. The summed E-state index contributed by atoms with van der Waals surface area (Å²) in [5, 5.41) is 0.763. The predicted octanol–water partition coefficient (Wildman–Crippen LogP) is 6.28. The van der Waals surface area contributed by atoms with Crippen LogP contribution in [-0.2, 0) is 16.7 Å². The largest absolute Gasteiger partial charge is 0.469 e. The number of urea groups is 1. The SMILES string of the molecule is CCCN(Cc1ccc(C)cc1)C(=O)N1C(=O)C(CC)(CC)C1Oc1ccc(CBr)cc1. The number of likely N-dealkylation sites (tertiary alicyclic amines) is 1. The van der Waals surface area contributed by atoms with E-state index < -0.39 is 11.6 Å². The molecule has 3 amide bonds. The van der Waals surface area contributed by atoms with Crippen molar-refractivity contribution in [1.29, 1.82) is 0 Å². The topological polar surface area (TPSA) is 49.9 Å². The van der Waals surface area contributed by atoms with Crippen LogP contribution in [0.25, 0.3) is 0 Å². The molecular weight excluding hydrogens is 468 g/mol. The fourth-order valence-electron chi connectivity index (χ4n) is 4.25. The van der Waals surface area contributed by atoms with E-state index in [4.69, 9.17) is 4.74 Å². The van der Waals surface area contributed by atoms with Crippen LogP contribution in [-0.4, -0.2) is 34.5 Å². The molecule has 0 spiro atoms. The molecule has 0 aromatic heterocycles. The lowest BCUT2D eigenvalue weighted by atomic mass is 9.72. The molecule has 1 heterocycles. The molecule has 0 aliphatic carbocycles. The smallest absolute Gasteiger partial charge is 0.330 e. The molecule has 3 rings (SSSR count). The van der Waals surface area contributed by atoms with Gasteiger partial charge in [0, 0.05) is 18.4 Å². The van der Waals surface area contributed by atoms with Crippen LogP contribution in [0.4, 0.5) is 4.79 Å². The average Bonchev–Trinajstić information content (AvgIpc) is 2.81. The van der Waals surface area contributed by atoms with E-state index in [1.807, 2.05) is 76.2 Å². The molecular formula is C26H33BrN2O3. The van der Waals surface area contributed by atoms with Gasteiger partial charge in [-0.3, -0.25) is 4.79 Å². The zero-order valence-corrected chi connectivity index (χ0v) is 21.0. The Hall–Kier alpha value is -2.34. The van der Waals surface area contributed by atoms with E-state index in [9.17, 15) is 9.59 Å². The second-order valence-electron chi connectivity index (χ2n) is 8.48. The van der Waals surface area contributed by atoms with Gasteiger partial charge in [-0.15, -0.1) is 0 Å². The molecule has 172 valence electrons. The highest BCUT2D eigenvalue weighted by molar-refractivity contribution is 9.08. The minimum Gasteiger partial charge on any atom is -0.469 e. The summed E-state index contributed by atoms with van der Waals surface area (Å²) in [6.07, 6.45) is 1.46. The maximum atomic E-state index is 13.6. The van der Waals surface area contributed by atoms with Crippen LogP contribution >= 0.6 is 15.9 Å². The molecule has 2 aromatic rings. The van der Waals surface area contributed by atoms with E-state index in [2.05, 4.69) is 15.9 Å². The van der Waals surface area contributed by atoms with E-state index in [1.165, 1.54) is 10.5 Å². The quantitative estimate of drug-likeness (QED) is 0.300. The van der Waals surface area contributed by atoms with Gasteiger partial charge in [-0.25, -0.2) is 9.69 Å². The molecule has 1 fully saturated rings.